The van der Waals surface area contributed by atoms with Crippen LogP contribution in [0.15, 0.2) is 54.6 Å². The summed E-state index contributed by atoms with van der Waals surface area (Å²) in [5, 5.41) is 0.654. The molecule has 1 fully saturated rings. The fourth-order valence-corrected chi connectivity index (χ4v) is 3.40. The molecule has 3 rings (SSSR count). The van der Waals surface area contributed by atoms with Crippen molar-refractivity contribution in [1.29, 1.82) is 0 Å². The van der Waals surface area contributed by atoms with Gasteiger partial charge in [0.15, 0.2) is 5.78 Å². The van der Waals surface area contributed by atoms with Crippen molar-refractivity contribution in [3.8, 4) is 0 Å². The zero-order valence-corrected chi connectivity index (χ0v) is 18.3. The average molecular weight is 446 g/mol. The van der Waals surface area contributed by atoms with Crippen LogP contribution in [-0.4, -0.2) is 62.0 Å². The Morgan fingerprint density at radius 3 is 2.11 bits per heavy atom. The number of methoxy groups -OCH3 is 1. The highest BCUT2D eigenvalue weighted by Crippen LogP contribution is 2.18. The van der Waals surface area contributed by atoms with Gasteiger partial charge >= 0.3 is 0 Å². The summed E-state index contributed by atoms with van der Waals surface area (Å²) in [6.07, 6.45) is 0.0819. The van der Waals surface area contributed by atoms with Gasteiger partial charge in [-0.15, -0.1) is 24.8 Å². The topological polar surface area (TPSA) is 32.8 Å². The number of nitrogens with zero attached hydrogens (tertiary/aromatic N) is 2. The molecule has 154 valence electrons. The van der Waals surface area contributed by atoms with E-state index in [2.05, 4.69) is 21.9 Å². The number of halogens is 3. The van der Waals surface area contributed by atoms with Crippen LogP contribution in [-0.2, 0) is 4.74 Å². The molecule has 2 aromatic carbocycles. The molecule has 1 saturated heterocycles. The van der Waals surface area contributed by atoms with E-state index in [-0.39, 0.29) is 36.7 Å². The third-order valence-corrected chi connectivity index (χ3v) is 5.13. The van der Waals surface area contributed by atoms with Gasteiger partial charge < -0.3 is 4.74 Å². The number of hydrogen-bond donors (Lipinski definition) is 0. The minimum atomic E-state index is 0. The van der Waals surface area contributed by atoms with E-state index in [1.807, 2.05) is 18.2 Å². The van der Waals surface area contributed by atoms with Gasteiger partial charge in [0, 0.05) is 50.4 Å². The molecular weight excluding hydrogens is 419 g/mol. The summed E-state index contributed by atoms with van der Waals surface area (Å²) in [7, 11) is 1.76. The summed E-state index contributed by atoms with van der Waals surface area (Å²) in [6.45, 7) is 5.01. The zero-order chi connectivity index (χ0) is 18.4. The Hall–Kier alpha value is -1.14. The van der Waals surface area contributed by atoms with E-state index in [0.717, 1.165) is 38.3 Å². The Morgan fingerprint density at radius 2 is 1.54 bits per heavy atom. The smallest absolute Gasteiger partial charge is 0.176 e. The maximum atomic E-state index is 12.4. The molecule has 1 unspecified atom stereocenters. The van der Waals surface area contributed by atoms with Gasteiger partial charge in [-0.1, -0.05) is 41.9 Å². The van der Waals surface area contributed by atoms with Crippen molar-refractivity contribution in [2.75, 3.05) is 46.4 Å². The van der Waals surface area contributed by atoms with Crippen molar-refractivity contribution in [2.24, 2.45) is 0 Å². The molecular formula is C21H27Cl3N2O2. The van der Waals surface area contributed by atoms with Crippen LogP contribution in [0.5, 0.6) is 0 Å². The monoisotopic (exact) mass is 444 g/mol. The highest BCUT2D eigenvalue weighted by atomic mass is 35.5. The minimum absolute atomic E-state index is 0. The third kappa shape index (κ3) is 7.03. The maximum Gasteiger partial charge on any atom is 0.176 e. The molecule has 1 aliphatic heterocycles. The van der Waals surface area contributed by atoms with Crippen LogP contribution in [0.2, 0.25) is 5.02 Å². The Bertz CT molecular complexity index is 705. The van der Waals surface area contributed by atoms with Crippen molar-refractivity contribution in [3.63, 3.8) is 0 Å². The lowest BCUT2D eigenvalue weighted by Gasteiger charge is -2.36. The van der Waals surface area contributed by atoms with Gasteiger partial charge in [-0.2, -0.15) is 0 Å². The normalized spacial score (nSPS) is 15.9. The first-order chi connectivity index (χ1) is 12.7. The van der Waals surface area contributed by atoms with Crippen LogP contribution in [0.3, 0.4) is 0 Å². The van der Waals surface area contributed by atoms with Gasteiger partial charge in [-0.25, -0.2) is 0 Å². The van der Waals surface area contributed by atoms with E-state index < -0.39 is 0 Å². The highest BCUT2D eigenvalue weighted by molar-refractivity contribution is 6.30. The molecule has 0 bridgehead atoms. The number of piperazine rings is 1. The number of benzene rings is 2. The molecule has 28 heavy (non-hydrogen) atoms. The number of hydrogen-bond acceptors (Lipinski definition) is 4. The average Bonchev–Trinajstić information content (AvgIpc) is 2.68. The molecule has 4 nitrogen and oxygen atoms in total. The number of ether oxygens (including phenoxy) is 1. The summed E-state index contributed by atoms with van der Waals surface area (Å²) >= 11 is 5.88. The van der Waals surface area contributed by atoms with Gasteiger partial charge in [-0.05, 0) is 29.8 Å². The van der Waals surface area contributed by atoms with Crippen molar-refractivity contribution >= 4 is 42.2 Å². The summed E-state index contributed by atoms with van der Waals surface area (Å²) in [4.78, 5) is 17.0. The largest absolute Gasteiger partial charge is 0.375 e. The second-order valence-electron chi connectivity index (χ2n) is 6.64. The Morgan fingerprint density at radius 1 is 0.964 bits per heavy atom. The molecule has 0 aromatic heterocycles. The van der Waals surface area contributed by atoms with E-state index in [1.165, 1.54) is 5.56 Å². The van der Waals surface area contributed by atoms with Gasteiger partial charge in [0.25, 0.3) is 0 Å². The summed E-state index contributed by atoms with van der Waals surface area (Å²) in [5.41, 5.74) is 1.93. The fraction of sp³-hybridized carbons (Fsp3) is 0.381. The number of ketones is 1. The van der Waals surface area contributed by atoms with Gasteiger partial charge in [-0.3, -0.25) is 14.6 Å². The summed E-state index contributed by atoms with van der Waals surface area (Å²) < 4.78 is 5.68. The van der Waals surface area contributed by atoms with Crippen LogP contribution < -0.4 is 0 Å². The molecule has 1 atom stereocenters. The molecule has 1 heterocycles. The Kier molecular flexibility index (Phi) is 11.1. The molecule has 7 heteroatoms. The molecule has 2 aromatic rings. The first-order valence-corrected chi connectivity index (χ1v) is 9.34. The Labute approximate surface area is 184 Å². The van der Waals surface area contributed by atoms with Crippen molar-refractivity contribution < 1.29 is 9.53 Å². The Balaban J connectivity index is 0.00000196. The van der Waals surface area contributed by atoms with E-state index in [0.29, 0.717) is 11.6 Å². The zero-order valence-electron chi connectivity index (χ0n) is 15.9. The van der Waals surface area contributed by atoms with Crippen molar-refractivity contribution in [1.82, 2.24) is 9.80 Å². The van der Waals surface area contributed by atoms with Crippen LogP contribution in [0.4, 0.5) is 0 Å². The lowest BCUT2D eigenvalue weighted by atomic mass is 10.1. The second-order valence-corrected chi connectivity index (χ2v) is 7.08. The number of carbonyl (C=O) groups is 1. The van der Waals surface area contributed by atoms with Gasteiger partial charge in [0.05, 0.1) is 12.6 Å². The second kappa shape index (κ2) is 12.4. The van der Waals surface area contributed by atoms with Crippen LogP contribution in [0, 0.1) is 0 Å². The molecule has 1 aliphatic rings. The predicted octanol–water partition coefficient (Wildman–Crippen LogP) is 4.37. The predicted molar refractivity (Wildman–Crippen MR) is 119 cm³/mol. The SMILES string of the molecule is COC(CN1CCN(CC(=O)c2ccc(Cl)cc2)CC1)c1ccccc1.Cl.Cl. The lowest BCUT2D eigenvalue weighted by molar-refractivity contribution is 0.0413. The maximum absolute atomic E-state index is 12.4. The van der Waals surface area contributed by atoms with E-state index in [9.17, 15) is 4.79 Å². The standard InChI is InChI=1S/C21H25ClN2O2.2ClH/c1-26-21(18-5-3-2-4-6-18)16-24-13-11-23(12-14-24)15-20(25)17-7-9-19(22)10-8-17;;/h2-10,21H,11-16H2,1H3;2*1H. The van der Waals surface area contributed by atoms with Crippen LogP contribution >= 0.6 is 36.4 Å². The first kappa shape index (κ1) is 24.9. The summed E-state index contributed by atoms with van der Waals surface area (Å²) in [5.74, 6) is 0.147. The summed E-state index contributed by atoms with van der Waals surface area (Å²) in [6, 6.07) is 17.4. The van der Waals surface area contributed by atoms with E-state index in [1.54, 1.807) is 31.4 Å². The third-order valence-electron chi connectivity index (χ3n) is 4.88. The van der Waals surface area contributed by atoms with Crippen molar-refractivity contribution in [2.45, 2.75) is 6.10 Å². The molecule has 0 amide bonds. The molecule has 0 aliphatic carbocycles. The van der Waals surface area contributed by atoms with E-state index in [4.69, 9.17) is 16.3 Å². The van der Waals surface area contributed by atoms with Crippen molar-refractivity contribution in [3.05, 3.63) is 70.7 Å². The minimum Gasteiger partial charge on any atom is -0.375 e. The molecule has 0 radical (unpaired) electrons. The van der Waals surface area contributed by atoms with Crippen LogP contribution in [0.25, 0.3) is 0 Å². The fourth-order valence-electron chi connectivity index (χ4n) is 3.28. The molecule has 0 saturated carbocycles. The van der Waals surface area contributed by atoms with Gasteiger partial charge in [0.2, 0.25) is 0 Å². The van der Waals surface area contributed by atoms with Gasteiger partial charge in [0.1, 0.15) is 0 Å². The highest BCUT2D eigenvalue weighted by Gasteiger charge is 2.22. The number of rotatable bonds is 7. The lowest BCUT2D eigenvalue weighted by Crippen LogP contribution is -2.48. The first-order valence-electron chi connectivity index (χ1n) is 8.97. The quantitative estimate of drug-likeness (QED) is 0.592. The molecule has 0 spiro atoms. The van der Waals surface area contributed by atoms with E-state index >= 15 is 0 Å². The van der Waals surface area contributed by atoms with Crippen LogP contribution in [0.1, 0.15) is 22.0 Å². The number of Topliss-reactive ketones (excluding diaryl/α,β-unsaturated/α-hetero) is 1. The molecule has 0 N–H and O–H groups in total. The number of carbonyl (C=O) groups excluding carboxylic acids is 1.